The van der Waals surface area contributed by atoms with Crippen LogP contribution in [0.15, 0.2) is 6.07 Å². The summed E-state index contributed by atoms with van der Waals surface area (Å²) in [6.07, 6.45) is 6.87. The second kappa shape index (κ2) is 7.23. The molecule has 0 heterocycles. The molecule has 1 aromatic rings. The van der Waals surface area contributed by atoms with Gasteiger partial charge in [-0.1, -0.05) is 33.8 Å². The number of hydrogen-bond acceptors (Lipinski definition) is 4. The highest BCUT2D eigenvalue weighted by Crippen LogP contribution is 2.55. The van der Waals surface area contributed by atoms with E-state index in [1.54, 1.807) is 0 Å². The van der Waals surface area contributed by atoms with Crippen molar-refractivity contribution in [3.8, 4) is 0 Å². The maximum atomic E-state index is 13.0. The SMILES string of the molecule is CC1CC(N)[C@@](C)(CS(=O)(=O)NC(=O)Nc2c3c(cc4c2CCC4)CCC3)C1(C)C. The third-order valence-corrected chi connectivity index (χ3v) is 10.1. The smallest absolute Gasteiger partial charge is 0.327 e. The summed E-state index contributed by atoms with van der Waals surface area (Å²) in [6, 6.07) is 1.41. The lowest BCUT2D eigenvalue weighted by Crippen LogP contribution is -2.51. The highest BCUT2D eigenvalue weighted by atomic mass is 32.2. The number of nitrogens with two attached hydrogens (primary N) is 1. The lowest BCUT2D eigenvalue weighted by Gasteiger charge is -2.42. The molecular formula is C23H35N3O3S. The van der Waals surface area contributed by atoms with E-state index in [4.69, 9.17) is 5.73 Å². The molecule has 0 aromatic heterocycles. The van der Waals surface area contributed by atoms with Gasteiger partial charge in [0.1, 0.15) is 0 Å². The number of aryl methyl sites for hydroxylation is 2. The molecule has 30 heavy (non-hydrogen) atoms. The van der Waals surface area contributed by atoms with Crippen molar-refractivity contribution in [3.05, 3.63) is 28.3 Å². The van der Waals surface area contributed by atoms with Gasteiger partial charge in [-0.05, 0) is 78.5 Å². The van der Waals surface area contributed by atoms with Gasteiger partial charge in [0.25, 0.3) is 0 Å². The Kier molecular flexibility index (Phi) is 5.21. The second-order valence-corrected chi connectivity index (χ2v) is 12.2. The molecule has 4 rings (SSSR count). The Labute approximate surface area is 180 Å². The van der Waals surface area contributed by atoms with Gasteiger partial charge in [0, 0.05) is 17.1 Å². The van der Waals surface area contributed by atoms with Gasteiger partial charge in [0.2, 0.25) is 10.0 Å². The topological polar surface area (TPSA) is 101 Å². The Hall–Kier alpha value is -1.60. The molecule has 0 saturated heterocycles. The van der Waals surface area contributed by atoms with Crippen LogP contribution in [-0.4, -0.2) is 26.2 Å². The van der Waals surface area contributed by atoms with Crippen LogP contribution >= 0.6 is 0 Å². The van der Waals surface area contributed by atoms with E-state index >= 15 is 0 Å². The van der Waals surface area contributed by atoms with Crippen molar-refractivity contribution >= 4 is 21.7 Å². The number of fused-ring (bicyclic) bond motifs is 2. The minimum absolute atomic E-state index is 0.156. The fourth-order valence-corrected chi connectivity index (χ4v) is 7.73. The molecule has 3 aliphatic carbocycles. The van der Waals surface area contributed by atoms with Gasteiger partial charge in [0.05, 0.1) is 5.75 Å². The highest BCUT2D eigenvalue weighted by molar-refractivity contribution is 7.90. The molecule has 0 spiro atoms. The molecule has 3 aliphatic rings. The average molecular weight is 434 g/mol. The van der Waals surface area contributed by atoms with Crippen LogP contribution in [0.25, 0.3) is 0 Å². The van der Waals surface area contributed by atoms with Crippen molar-refractivity contribution in [1.82, 2.24) is 4.72 Å². The minimum atomic E-state index is -3.84. The van der Waals surface area contributed by atoms with Gasteiger partial charge in [-0.15, -0.1) is 0 Å². The zero-order valence-corrected chi connectivity index (χ0v) is 19.4. The molecule has 6 nitrogen and oxygen atoms in total. The third-order valence-electron chi connectivity index (χ3n) is 8.58. The van der Waals surface area contributed by atoms with E-state index in [9.17, 15) is 13.2 Å². The normalized spacial score (nSPS) is 29.5. The number of nitrogens with one attached hydrogen (secondary N) is 2. The number of carbonyl (C=O) groups excluding carboxylic acids is 1. The lowest BCUT2D eigenvalue weighted by atomic mass is 9.66. The van der Waals surface area contributed by atoms with Crippen LogP contribution in [0, 0.1) is 16.7 Å². The molecule has 1 aromatic carbocycles. The van der Waals surface area contributed by atoms with E-state index < -0.39 is 21.5 Å². The number of sulfonamides is 1. The number of amides is 2. The number of benzene rings is 1. The van der Waals surface area contributed by atoms with E-state index in [0.29, 0.717) is 5.92 Å². The fourth-order valence-electron chi connectivity index (χ4n) is 5.95. The molecule has 0 radical (unpaired) electrons. The molecule has 0 aliphatic heterocycles. The Morgan fingerprint density at radius 1 is 1.10 bits per heavy atom. The van der Waals surface area contributed by atoms with Crippen molar-refractivity contribution in [2.24, 2.45) is 22.5 Å². The molecule has 1 fully saturated rings. The first-order valence-electron chi connectivity index (χ1n) is 11.2. The molecule has 4 N–H and O–H groups in total. The number of anilines is 1. The molecular weight excluding hydrogens is 398 g/mol. The van der Waals surface area contributed by atoms with Crippen molar-refractivity contribution in [3.63, 3.8) is 0 Å². The van der Waals surface area contributed by atoms with E-state index in [2.05, 4.69) is 36.9 Å². The fraction of sp³-hybridized carbons (Fsp3) is 0.696. The molecule has 3 atom stereocenters. The van der Waals surface area contributed by atoms with Crippen LogP contribution in [0.5, 0.6) is 0 Å². The van der Waals surface area contributed by atoms with Crippen LogP contribution in [0.1, 0.15) is 69.2 Å². The monoisotopic (exact) mass is 433 g/mol. The number of carbonyl (C=O) groups is 1. The van der Waals surface area contributed by atoms with Crippen molar-refractivity contribution in [1.29, 1.82) is 0 Å². The summed E-state index contributed by atoms with van der Waals surface area (Å²) in [5, 5.41) is 2.92. The van der Waals surface area contributed by atoms with Gasteiger partial charge in [0.15, 0.2) is 0 Å². The van der Waals surface area contributed by atoms with Crippen molar-refractivity contribution in [2.75, 3.05) is 11.1 Å². The van der Waals surface area contributed by atoms with Gasteiger partial charge >= 0.3 is 6.03 Å². The summed E-state index contributed by atoms with van der Waals surface area (Å²) in [5.74, 6) is 0.160. The van der Waals surface area contributed by atoms with Crippen LogP contribution in [0.2, 0.25) is 0 Å². The largest absolute Gasteiger partial charge is 0.332 e. The zero-order chi connectivity index (χ0) is 21.9. The van der Waals surface area contributed by atoms with Crippen molar-refractivity contribution in [2.45, 2.75) is 78.7 Å². The van der Waals surface area contributed by atoms with E-state index in [1.807, 2.05) is 6.92 Å². The Bertz CT molecular complexity index is 954. The lowest BCUT2D eigenvalue weighted by molar-refractivity contribution is 0.108. The predicted molar refractivity (Wildman–Crippen MR) is 120 cm³/mol. The Balaban J connectivity index is 1.53. The van der Waals surface area contributed by atoms with E-state index in [-0.39, 0.29) is 17.2 Å². The van der Waals surface area contributed by atoms with Gasteiger partial charge < -0.3 is 11.1 Å². The summed E-state index contributed by atoms with van der Waals surface area (Å²) in [6.45, 7) is 8.22. The van der Waals surface area contributed by atoms with E-state index in [0.717, 1.165) is 50.6 Å². The van der Waals surface area contributed by atoms with Crippen molar-refractivity contribution < 1.29 is 13.2 Å². The Morgan fingerprint density at radius 2 is 1.67 bits per heavy atom. The molecule has 166 valence electrons. The van der Waals surface area contributed by atoms with Gasteiger partial charge in [-0.2, -0.15) is 0 Å². The highest BCUT2D eigenvalue weighted by Gasteiger charge is 2.56. The van der Waals surface area contributed by atoms with Crippen LogP contribution < -0.4 is 15.8 Å². The molecule has 2 amide bonds. The van der Waals surface area contributed by atoms with Crippen LogP contribution in [0.3, 0.4) is 0 Å². The van der Waals surface area contributed by atoms with Gasteiger partial charge in [-0.25, -0.2) is 17.9 Å². The third kappa shape index (κ3) is 3.44. The summed E-state index contributed by atoms with van der Waals surface area (Å²) in [5.41, 5.74) is 11.3. The number of urea groups is 1. The zero-order valence-electron chi connectivity index (χ0n) is 18.6. The maximum Gasteiger partial charge on any atom is 0.332 e. The van der Waals surface area contributed by atoms with Gasteiger partial charge in [-0.3, -0.25) is 0 Å². The minimum Gasteiger partial charge on any atom is -0.327 e. The summed E-state index contributed by atoms with van der Waals surface area (Å²) in [7, 11) is -3.84. The standard InChI is InChI=1S/C23H35N3O3S/c1-14-11-19(24)23(4,22(14,2)3)13-30(28,29)26-21(27)25-20-17-9-5-7-15(17)12-16-8-6-10-18(16)20/h12,14,19H,5-11,13,24H2,1-4H3,(H2,25,26,27)/t14?,19?,23-/m1/s1. The Morgan fingerprint density at radius 3 is 2.17 bits per heavy atom. The first kappa shape index (κ1) is 21.6. The molecule has 0 bridgehead atoms. The van der Waals surface area contributed by atoms with Crippen LogP contribution in [-0.2, 0) is 35.7 Å². The quantitative estimate of drug-likeness (QED) is 0.676. The van der Waals surface area contributed by atoms with Crippen LogP contribution in [0.4, 0.5) is 10.5 Å². The summed E-state index contributed by atoms with van der Waals surface area (Å²) >= 11 is 0. The summed E-state index contributed by atoms with van der Waals surface area (Å²) in [4.78, 5) is 12.8. The number of hydrogen-bond donors (Lipinski definition) is 3. The number of rotatable bonds is 4. The molecule has 1 saturated carbocycles. The average Bonchev–Trinajstić information content (AvgIpc) is 3.31. The predicted octanol–water partition coefficient (Wildman–Crippen LogP) is 3.51. The molecule has 7 heteroatoms. The first-order chi connectivity index (χ1) is 13.9. The summed E-state index contributed by atoms with van der Waals surface area (Å²) < 4.78 is 28.2. The van der Waals surface area contributed by atoms with E-state index in [1.165, 1.54) is 22.3 Å². The first-order valence-corrected chi connectivity index (χ1v) is 12.8. The second-order valence-electron chi connectivity index (χ2n) is 10.4. The molecule has 2 unspecified atom stereocenters. The maximum absolute atomic E-state index is 13.0.